The van der Waals surface area contributed by atoms with E-state index in [4.69, 9.17) is 11.6 Å². The van der Waals surface area contributed by atoms with Crippen molar-refractivity contribution in [2.45, 2.75) is 64.9 Å². The van der Waals surface area contributed by atoms with Crippen LogP contribution in [0.1, 0.15) is 68.6 Å². The molecule has 1 N–H and O–H groups in total. The van der Waals surface area contributed by atoms with Crippen molar-refractivity contribution in [2.75, 3.05) is 13.1 Å². The number of likely N-dealkylation sites (tertiary alicyclic amines) is 1. The first-order chi connectivity index (χ1) is 16.7. The lowest BCUT2D eigenvalue weighted by atomic mass is 9.89. The number of rotatable bonds is 5. The topological polar surface area (TPSA) is 53.4 Å². The zero-order valence-corrected chi connectivity index (χ0v) is 21.9. The summed E-state index contributed by atoms with van der Waals surface area (Å²) in [6, 6.07) is 16.5. The van der Waals surface area contributed by atoms with E-state index in [2.05, 4.69) is 63.0 Å². The van der Waals surface area contributed by atoms with E-state index in [1.807, 2.05) is 18.3 Å². The molecule has 0 radical (unpaired) electrons. The van der Waals surface area contributed by atoms with Crippen molar-refractivity contribution in [3.8, 4) is 22.3 Å². The molecule has 1 saturated heterocycles. The van der Waals surface area contributed by atoms with Crippen LogP contribution in [0.2, 0.25) is 5.02 Å². The molecule has 1 fully saturated rings. The van der Waals surface area contributed by atoms with E-state index in [1.165, 1.54) is 5.56 Å². The van der Waals surface area contributed by atoms with Gasteiger partial charge in [0.1, 0.15) is 0 Å². The summed E-state index contributed by atoms with van der Waals surface area (Å²) in [7, 11) is 0. The second-order valence-corrected chi connectivity index (χ2v) is 11.0. The quantitative estimate of drug-likeness (QED) is 0.422. The number of nitrogens with zero attached hydrogens (tertiary/aromatic N) is 2. The van der Waals surface area contributed by atoms with Crippen molar-refractivity contribution in [1.29, 1.82) is 0 Å². The van der Waals surface area contributed by atoms with E-state index >= 15 is 0 Å². The van der Waals surface area contributed by atoms with Crippen LogP contribution >= 0.6 is 11.6 Å². The molecular formula is C30H35ClN2O2. The Morgan fingerprint density at radius 2 is 1.74 bits per heavy atom. The smallest absolute Gasteiger partial charge is 0.253 e. The van der Waals surface area contributed by atoms with Gasteiger partial charge in [0.05, 0.1) is 6.10 Å². The third-order valence-corrected chi connectivity index (χ3v) is 6.98. The van der Waals surface area contributed by atoms with Crippen LogP contribution in [0.25, 0.3) is 22.3 Å². The lowest BCUT2D eigenvalue weighted by molar-refractivity contribution is 0.0546. The Balaban J connectivity index is 1.69. The van der Waals surface area contributed by atoms with Crippen LogP contribution in [0, 0.1) is 0 Å². The third-order valence-electron chi connectivity index (χ3n) is 6.67. The largest absolute Gasteiger partial charge is 0.393 e. The highest BCUT2D eigenvalue weighted by Crippen LogP contribution is 2.35. The first-order valence-corrected chi connectivity index (χ1v) is 12.9. The maximum Gasteiger partial charge on any atom is 0.253 e. The minimum absolute atomic E-state index is 0.0298. The number of benzene rings is 2. The number of aliphatic hydroxyl groups is 1. The van der Waals surface area contributed by atoms with Crippen LogP contribution < -0.4 is 0 Å². The molecule has 0 spiro atoms. The zero-order chi connectivity index (χ0) is 25.2. The molecule has 4 nitrogen and oxygen atoms in total. The second-order valence-electron chi connectivity index (χ2n) is 10.6. The first-order valence-electron chi connectivity index (χ1n) is 12.5. The number of carbonyl (C=O) groups is 1. The van der Waals surface area contributed by atoms with Gasteiger partial charge in [-0.3, -0.25) is 9.78 Å². The molecule has 2 aromatic carbocycles. The van der Waals surface area contributed by atoms with Gasteiger partial charge in [-0.1, -0.05) is 63.9 Å². The number of piperidine rings is 1. The van der Waals surface area contributed by atoms with Gasteiger partial charge < -0.3 is 10.0 Å². The standard InChI is InChI=1S/C30H35ClN2O2/c1-5-6-20-15-23(21-9-12-32-28(19-21)30(2,3)4)17-24(16-20)26-8-7-22(18-27(26)31)29(35)33-13-10-25(34)11-14-33/h7-9,12,15-19,25,34H,5-6,10-11,13-14H2,1-4H3. The highest BCUT2D eigenvalue weighted by molar-refractivity contribution is 6.33. The second kappa shape index (κ2) is 10.5. The number of aromatic nitrogens is 1. The molecule has 184 valence electrons. The number of hydrogen-bond acceptors (Lipinski definition) is 3. The van der Waals surface area contributed by atoms with E-state index in [0.717, 1.165) is 40.8 Å². The van der Waals surface area contributed by atoms with Crippen LogP contribution in [0.15, 0.2) is 54.7 Å². The molecule has 1 aliphatic rings. The molecule has 1 aliphatic heterocycles. The summed E-state index contributed by atoms with van der Waals surface area (Å²) in [5, 5.41) is 10.3. The number of aliphatic hydroxyl groups excluding tert-OH is 1. The summed E-state index contributed by atoms with van der Waals surface area (Å²) < 4.78 is 0. The third kappa shape index (κ3) is 5.94. The van der Waals surface area contributed by atoms with Crippen LogP contribution in [-0.2, 0) is 11.8 Å². The number of amides is 1. The van der Waals surface area contributed by atoms with Crippen molar-refractivity contribution in [1.82, 2.24) is 9.88 Å². The minimum atomic E-state index is -0.311. The van der Waals surface area contributed by atoms with Gasteiger partial charge >= 0.3 is 0 Å². The van der Waals surface area contributed by atoms with Crippen molar-refractivity contribution in [3.63, 3.8) is 0 Å². The van der Waals surface area contributed by atoms with Crippen LogP contribution in [0.3, 0.4) is 0 Å². The van der Waals surface area contributed by atoms with E-state index in [9.17, 15) is 9.90 Å². The zero-order valence-electron chi connectivity index (χ0n) is 21.1. The molecule has 0 atom stereocenters. The predicted molar refractivity (Wildman–Crippen MR) is 144 cm³/mol. The van der Waals surface area contributed by atoms with E-state index in [-0.39, 0.29) is 17.4 Å². The average molecular weight is 491 g/mol. The van der Waals surface area contributed by atoms with Gasteiger partial charge in [0, 0.05) is 46.5 Å². The number of halogens is 1. The van der Waals surface area contributed by atoms with Gasteiger partial charge in [-0.25, -0.2) is 0 Å². The highest BCUT2D eigenvalue weighted by atomic mass is 35.5. The Morgan fingerprint density at radius 3 is 2.40 bits per heavy atom. The summed E-state index contributed by atoms with van der Waals surface area (Å²) in [6.45, 7) is 9.85. The van der Waals surface area contributed by atoms with Gasteiger partial charge in [0.2, 0.25) is 0 Å². The van der Waals surface area contributed by atoms with Crippen molar-refractivity contribution in [3.05, 3.63) is 76.6 Å². The number of hydrogen-bond donors (Lipinski definition) is 1. The maximum absolute atomic E-state index is 13.0. The molecule has 0 bridgehead atoms. The molecule has 1 aromatic heterocycles. The molecular weight excluding hydrogens is 456 g/mol. The van der Waals surface area contributed by atoms with Gasteiger partial charge in [-0.05, 0) is 71.8 Å². The number of carbonyl (C=O) groups excluding carboxylic acids is 1. The van der Waals surface area contributed by atoms with E-state index < -0.39 is 0 Å². The van der Waals surface area contributed by atoms with Gasteiger partial charge in [-0.2, -0.15) is 0 Å². The van der Waals surface area contributed by atoms with Crippen molar-refractivity contribution >= 4 is 17.5 Å². The summed E-state index contributed by atoms with van der Waals surface area (Å²) in [6.07, 6.45) is 4.85. The fraction of sp³-hybridized carbons (Fsp3) is 0.400. The molecule has 2 heterocycles. The molecule has 0 saturated carbocycles. The molecule has 0 aliphatic carbocycles. The molecule has 35 heavy (non-hydrogen) atoms. The summed E-state index contributed by atoms with van der Waals surface area (Å²) in [4.78, 5) is 19.4. The highest BCUT2D eigenvalue weighted by Gasteiger charge is 2.23. The molecule has 0 unspecified atom stereocenters. The number of aryl methyl sites for hydroxylation is 1. The molecule has 3 aromatic rings. The lowest BCUT2D eigenvalue weighted by Crippen LogP contribution is -2.40. The maximum atomic E-state index is 13.0. The van der Waals surface area contributed by atoms with Crippen molar-refractivity contribution < 1.29 is 9.90 Å². The normalized spacial score (nSPS) is 14.9. The molecule has 5 heteroatoms. The first kappa shape index (κ1) is 25.4. The predicted octanol–water partition coefficient (Wildman–Crippen LogP) is 6.92. The average Bonchev–Trinajstić information content (AvgIpc) is 2.83. The van der Waals surface area contributed by atoms with Crippen molar-refractivity contribution in [2.24, 2.45) is 0 Å². The lowest BCUT2D eigenvalue weighted by Gasteiger charge is -2.29. The fourth-order valence-electron chi connectivity index (χ4n) is 4.60. The Kier molecular flexibility index (Phi) is 7.63. The van der Waals surface area contributed by atoms with Gasteiger partial charge in [0.25, 0.3) is 5.91 Å². The summed E-state index contributed by atoms with van der Waals surface area (Å²) in [5.74, 6) is -0.0303. The Hall–Kier alpha value is -2.69. The van der Waals surface area contributed by atoms with E-state index in [1.54, 1.807) is 11.0 Å². The fourth-order valence-corrected chi connectivity index (χ4v) is 4.89. The molecule has 4 rings (SSSR count). The van der Waals surface area contributed by atoms with Gasteiger partial charge in [0.15, 0.2) is 0 Å². The summed E-state index contributed by atoms with van der Waals surface area (Å²) in [5.41, 5.74) is 7.12. The van der Waals surface area contributed by atoms with Crippen LogP contribution in [0.4, 0.5) is 0 Å². The Labute approximate surface area is 214 Å². The Bertz CT molecular complexity index is 1210. The summed E-state index contributed by atoms with van der Waals surface area (Å²) >= 11 is 6.76. The van der Waals surface area contributed by atoms with Crippen LogP contribution in [0.5, 0.6) is 0 Å². The monoisotopic (exact) mass is 490 g/mol. The van der Waals surface area contributed by atoms with E-state index in [0.29, 0.717) is 36.5 Å². The SMILES string of the molecule is CCCc1cc(-c2ccnc(C(C)(C)C)c2)cc(-c2ccc(C(=O)N3CCC(O)CC3)cc2Cl)c1. The Morgan fingerprint density at radius 1 is 1.03 bits per heavy atom. The number of pyridine rings is 1. The molecule has 1 amide bonds. The van der Waals surface area contributed by atoms with Gasteiger partial charge in [-0.15, -0.1) is 0 Å². The minimum Gasteiger partial charge on any atom is -0.393 e. The van der Waals surface area contributed by atoms with Crippen LogP contribution in [-0.4, -0.2) is 40.1 Å².